The molecule has 0 radical (unpaired) electrons. The molecule has 1 atom stereocenters. The average Bonchev–Trinajstić information content (AvgIpc) is 2.55. The van der Waals surface area contributed by atoms with Gasteiger partial charge in [-0.15, -0.1) is 0 Å². The number of nitrogens with zero attached hydrogens (tertiary/aromatic N) is 1. The van der Waals surface area contributed by atoms with Crippen LogP contribution in [0.5, 0.6) is 6.08 Å². The second-order valence-corrected chi connectivity index (χ2v) is 7.19. The summed E-state index contributed by atoms with van der Waals surface area (Å²) in [6.07, 6.45) is -0.801. The molecular formula is C19H25N3O6. The zero-order chi connectivity index (χ0) is 21.1. The molecule has 28 heavy (non-hydrogen) atoms. The molecule has 0 spiro atoms. The molecule has 0 fully saturated rings. The van der Waals surface area contributed by atoms with Gasteiger partial charge in [-0.2, -0.15) is 4.98 Å². The molecule has 0 bridgehead atoms. The molecule has 9 nitrogen and oxygen atoms in total. The molecule has 0 aliphatic carbocycles. The summed E-state index contributed by atoms with van der Waals surface area (Å²) in [4.78, 5) is 40.6. The van der Waals surface area contributed by atoms with E-state index < -0.39 is 29.3 Å². The highest BCUT2D eigenvalue weighted by molar-refractivity contribution is 5.99. The number of benzene rings is 1. The first-order valence-corrected chi connectivity index (χ1v) is 8.89. The summed E-state index contributed by atoms with van der Waals surface area (Å²) in [5.74, 6) is -0.461. The van der Waals surface area contributed by atoms with Gasteiger partial charge in [0.1, 0.15) is 11.6 Å². The minimum atomic E-state index is -0.847. The first-order valence-electron chi connectivity index (χ1n) is 8.89. The molecule has 152 valence electrons. The van der Waals surface area contributed by atoms with Crippen molar-refractivity contribution in [2.45, 2.75) is 53.2 Å². The fourth-order valence-corrected chi connectivity index (χ4v) is 2.41. The molecule has 2 N–H and O–H groups in total. The number of hydrogen-bond donors (Lipinski definition) is 2. The van der Waals surface area contributed by atoms with Crippen molar-refractivity contribution in [3.05, 3.63) is 28.1 Å². The molecule has 2 amide bonds. The average molecular weight is 391 g/mol. The first kappa shape index (κ1) is 21.2. The van der Waals surface area contributed by atoms with E-state index in [1.54, 1.807) is 46.8 Å². The lowest BCUT2D eigenvalue weighted by Gasteiger charge is -2.22. The summed E-state index contributed by atoms with van der Waals surface area (Å²) in [5.41, 5.74) is 0.0293. The van der Waals surface area contributed by atoms with Gasteiger partial charge in [-0.25, -0.2) is 9.59 Å². The van der Waals surface area contributed by atoms with Crippen LogP contribution in [0.3, 0.4) is 0 Å². The van der Waals surface area contributed by atoms with E-state index in [2.05, 4.69) is 15.6 Å². The largest absolute Gasteiger partial charge is 0.450 e. The van der Waals surface area contributed by atoms with E-state index in [0.717, 1.165) is 0 Å². The summed E-state index contributed by atoms with van der Waals surface area (Å²) in [5, 5.41) is 5.40. The Labute approximate surface area is 162 Å². The molecule has 1 aromatic heterocycles. The van der Waals surface area contributed by atoms with Crippen molar-refractivity contribution >= 4 is 28.6 Å². The lowest BCUT2D eigenvalue weighted by Crippen LogP contribution is -2.44. The molecule has 0 saturated carbocycles. The summed E-state index contributed by atoms with van der Waals surface area (Å²) in [6.45, 7) is 10.5. The highest BCUT2D eigenvalue weighted by Crippen LogP contribution is 2.23. The normalized spacial score (nSPS) is 12.4. The standard InChI is InChI=1S/C19H25N3O6/c1-7-26-18-22-13-9-8-12(10(2)14(13)16(24)27-18)21-15(23)11(3)20-17(25)28-19(4,5)6/h8-9,11H,7H2,1-6H3,(H,20,25)(H,21,23). The third-order valence-corrected chi connectivity index (χ3v) is 3.69. The van der Waals surface area contributed by atoms with Crippen molar-refractivity contribution < 1.29 is 23.5 Å². The second kappa shape index (κ2) is 8.28. The van der Waals surface area contributed by atoms with Gasteiger partial charge in [0.15, 0.2) is 0 Å². The topological polar surface area (TPSA) is 120 Å². The molecule has 0 aliphatic rings. The van der Waals surface area contributed by atoms with Gasteiger partial charge in [0, 0.05) is 5.69 Å². The Morgan fingerprint density at radius 3 is 2.57 bits per heavy atom. The van der Waals surface area contributed by atoms with Crippen LogP contribution in [0.1, 0.15) is 40.2 Å². The third-order valence-electron chi connectivity index (χ3n) is 3.69. The maximum atomic E-state index is 12.4. The maximum Gasteiger partial charge on any atom is 0.408 e. The zero-order valence-corrected chi connectivity index (χ0v) is 16.8. The molecular weight excluding hydrogens is 366 g/mol. The monoisotopic (exact) mass is 391 g/mol. The third kappa shape index (κ3) is 5.21. The van der Waals surface area contributed by atoms with Gasteiger partial charge in [0.05, 0.1) is 17.5 Å². The van der Waals surface area contributed by atoms with Gasteiger partial charge in [0.25, 0.3) is 0 Å². The van der Waals surface area contributed by atoms with Gasteiger partial charge in [-0.05, 0) is 59.2 Å². The van der Waals surface area contributed by atoms with E-state index in [9.17, 15) is 14.4 Å². The van der Waals surface area contributed by atoms with E-state index in [-0.39, 0.29) is 11.5 Å². The molecule has 9 heteroatoms. The van der Waals surface area contributed by atoms with Crippen molar-refractivity contribution in [3.63, 3.8) is 0 Å². The molecule has 2 aromatic rings. The Hall–Kier alpha value is -3.10. The number of alkyl carbamates (subject to hydrolysis) is 1. The number of ether oxygens (including phenoxy) is 2. The van der Waals surface area contributed by atoms with E-state index in [1.807, 2.05) is 0 Å². The fraction of sp³-hybridized carbons (Fsp3) is 0.474. The van der Waals surface area contributed by atoms with E-state index in [4.69, 9.17) is 13.9 Å². The Bertz CT molecular complexity index is 945. The summed E-state index contributed by atoms with van der Waals surface area (Å²) in [6, 6.07) is 2.36. The van der Waals surface area contributed by atoms with Gasteiger partial charge < -0.3 is 24.5 Å². The number of aryl methyl sites for hydroxylation is 1. The Kier molecular flexibility index (Phi) is 6.27. The smallest absolute Gasteiger partial charge is 0.408 e. The van der Waals surface area contributed by atoms with Crippen molar-refractivity contribution in [1.82, 2.24) is 10.3 Å². The van der Waals surface area contributed by atoms with Crippen molar-refractivity contribution in [1.29, 1.82) is 0 Å². The predicted octanol–water partition coefficient (Wildman–Crippen LogP) is 2.75. The van der Waals surface area contributed by atoms with Crippen LogP contribution in [-0.2, 0) is 9.53 Å². The number of carbonyl (C=O) groups is 2. The molecule has 0 saturated heterocycles. The van der Waals surface area contributed by atoms with Crippen LogP contribution in [-0.4, -0.2) is 35.2 Å². The number of aromatic nitrogens is 1. The van der Waals surface area contributed by atoms with E-state index >= 15 is 0 Å². The number of fused-ring (bicyclic) bond motifs is 1. The minimum absolute atomic E-state index is 0.105. The first-order chi connectivity index (χ1) is 13.0. The maximum absolute atomic E-state index is 12.4. The molecule has 2 rings (SSSR count). The molecule has 1 heterocycles. The highest BCUT2D eigenvalue weighted by atomic mass is 16.6. The Morgan fingerprint density at radius 1 is 1.29 bits per heavy atom. The van der Waals surface area contributed by atoms with E-state index in [1.165, 1.54) is 6.92 Å². The van der Waals surface area contributed by atoms with Crippen LogP contribution in [0.15, 0.2) is 21.3 Å². The lowest BCUT2D eigenvalue weighted by molar-refractivity contribution is -0.117. The number of nitrogens with one attached hydrogen (secondary N) is 2. The Morgan fingerprint density at radius 2 is 1.96 bits per heavy atom. The van der Waals surface area contributed by atoms with Crippen LogP contribution in [0.25, 0.3) is 10.9 Å². The van der Waals surface area contributed by atoms with Crippen molar-refractivity contribution in [2.24, 2.45) is 0 Å². The SMILES string of the molecule is CCOc1nc2ccc(NC(=O)C(C)NC(=O)OC(C)(C)C)c(C)c2c(=O)o1. The quantitative estimate of drug-likeness (QED) is 0.804. The van der Waals surface area contributed by atoms with Crippen molar-refractivity contribution in [2.75, 3.05) is 11.9 Å². The second-order valence-electron chi connectivity index (χ2n) is 7.19. The zero-order valence-electron chi connectivity index (χ0n) is 16.8. The Balaban J connectivity index is 2.19. The number of rotatable bonds is 5. The van der Waals surface area contributed by atoms with Gasteiger partial charge in [-0.1, -0.05) is 0 Å². The fourth-order valence-electron chi connectivity index (χ4n) is 2.41. The summed E-state index contributed by atoms with van der Waals surface area (Å²) >= 11 is 0. The number of amides is 2. The van der Waals surface area contributed by atoms with Gasteiger partial charge in [-0.3, -0.25) is 4.79 Å². The van der Waals surface area contributed by atoms with E-state index in [0.29, 0.717) is 23.4 Å². The number of hydrogen-bond acceptors (Lipinski definition) is 7. The minimum Gasteiger partial charge on any atom is -0.450 e. The summed E-state index contributed by atoms with van der Waals surface area (Å²) < 4.78 is 15.3. The van der Waals surface area contributed by atoms with Crippen LogP contribution in [0, 0.1) is 6.92 Å². The van der Waals surface area contributed by atoms with Gasteiger partial charge in [0.2, 0.25) is 5.91 Å². The lowest BCUT2D eigenvalue weighted by atomic mass is 10.1. The predicted molar refractivity (Wildman–Crippen MR) is 104 cm³/mol. The van der Waals surface area contributed by atoms with Gasteiger partial charge >= 0.3 is 17.8 Å². The highest BCUT2D eigenvalue weighted by Gasteiger charge is 2.22. The van der Waals surface area contributed by atoms with Crippen LogP contribution in [0.2, 0.25) is 0 Å². The molecule has 1 unspecified atom stereocenters. The molecule has 0 aliphatic heterocycles. The number of anilines is 1. The van der Waals surface area contributed by atoms with Crippen LogP contribution >= 0.6 is 0 Å². The van der Waals surface area contributed by atoms with Crippen molar-refractivity contribution in [3.8, 4) is 6.08 Å². The number of carbonyl (C=O) groups excluding carboxylic acids is 2. The summed E-state index contributed by atoms with van der Waals surface area (Å²) in [7, 11) is 0. The van der Waals surface area contributed by atoms with Crippen LogP contribution < -0.4 is 21.0 Å². The van der Waals surface area contributed by atoms with Crippen LogP contribution in [0.4, 0.5) is 10.5 Å². The molecule has 1 aromatic carbocycles.